The van der Waals surface area contributed by atoms with Gasteiger partial charge in [-0.05, 0) is 42.5 Å². The molecule has 0 aromatic heterocycles. The molecule has 0 aliphatic heterocycles. The van der Waals surface area contributed by atoms with Crippen molar-refractivity contribution in [3.8, 4) is 0 Å². The van der Waals surface area contributed by atoms with E-state index in [0.717, 1.165) is 11.8 Å². The monoisotopic (exact) mass is 287 g/mol. The van der Waals surface area contributed by atoms with Crippen LogP contribution in [0, 0.1) is 11.6 Å². The Labute approximate surface area is 122 Å². The molecule has 0 saturated carbocycles. The van der Waals surface area contributed by atoms with Gasteiger partial charge in [-0.3, -0.25) is 4.79 Å². The van der Waals surface area contributed by atoms with Crippen LogP contribution in [0.1, 0.15) is 15.9 Å². The van der Waals surface area contributed by atoms with Crippen LogP contribution in [-0.4, -0.2) is 19.9 Å². The lowest BCUT2D eigenvalue weighted by Gasteiger charge is -2.11. The molecule has 0 unspecified atom stereocenters. The van der Waals surface area contributed by atoms with E-state index in [1.165, 1.54) is 24.3 Å². The molecular weight excluding hydrogens is 272 g/mol. The van der Waals surface area contributed by atoms with Crippen LogP contribution in [0.2, 0.25) is 0 Å². The number of halogens is 2. The third kappa shape index (κ3) is 3.54. The number of benzene rings is 2. The van der Waals surface area contributed by atoms with E-state index in [9.17, 15) is 13.6 Å². The van der Waals surface area contributed by atoms with Gasteiger partial charge in [0, 0.05) is 30.9 Å². The first kappa shape index (κ1) is 14.9. The lowest BCUT2D eigenvalue weighted by atomic mass is 10.1. The maximum Gasteiger partial charge on any atom is 0.185 e. The molecule has 21 heavy (non-hydrogen) atoms. The molecule has 0 amide bonds. The molecule has 2 aromatic carbocycles. The Morgan fingerprint density at radius 1 is 1.05 bits per heavy atom. The molecule has 0 fully saturated rings. The first-order valence-corrected chi connectivity index (χ1v) is 6.43. The summed E-state index contributed by atoms with van der Waals surface area (Å²) in [6, 6.07) is 10.9. The van der Waals surface area contributed by atoms with Crippen LogP contribution in [0.3, 0.4) is 0 Å². The van der Waals surface area contributed by atoms with Crippen LogP contribution in [0.4, 0.5) is 14.5 Å². The zero-order chi connectivity index (χ0) is 15.4. The van der Waals surface area contributed by atoms with Crippen molar-refractivity contribution in [1.82, 2.24) is 0 Å². The summed E-state index contributed by atoms with van der Waals surface area (Å²) in [5.74, 6) is -2.14. The predicted molar refractivity (Wildman–Crippen MR) is 80.5 cm³/mol. The third-order valence-corrected chi connectivity index (χ3v) is 3.06. The SMILES string of the molecule is CN(C)c1ccc(C(=O)C=Cc2cccc(F)c2F)cc1. The molecule has 2 rings (SSSR count). The number of carbonyl (C=O) groups excluding carboxylic acids is 1. The van der Waals surface area contributed by atoms with Crippen molar-refractivity contribution in [3.63, 3.8) is 0 Å². The summed E-state index contributed by atoms with van der Waals surface area (Å²) >= 11 is 0. The van der Waals surface area contributed by atoms with Crippen LogP contribution in [0.25, 0.3) is 6.08 Å². The Balaban J connectivity index is 2.17. The third-order valence-electron chi connectivity index (χ3n) is 3.06. The quantitative estimate of drug-likeness (QED) is 0.627. The van der Waals surface area contributed by atoms with Crippen LogP contribution in [0.15, 0.2) is 48.5 Å². The van der Waals surface area contributed by atoms with E-state index in [4.69, 9.17) is 0 Å². The summed E-state index contributed by atoms with van der Waals surface area (Å²) in [4.78, 5) is 13.9. The Bertz CT molecular complexity index is 676. The molecule has 0 spiro atoms. The Kier molecular flexibility index (Phi) is 4.48. The van der Waals surface area contributed by atoms with Crippen LogP contribution < -0.4 is 4.90 Å². The molecule has 0 aliphatic carbocycles. The molecular formula is C17H15F2NO. The molecule has 2 nitrogen and oxygen atoms in total. The minimum Gasteiger partial charge on any atom is -0.378 e. The molecule has 108 valence electrons. The van der Waals surface area contributed by atoms with E-state index in [-0.39, 0.29) is 11.3 Å². The summed E-state index contributed by atoms with van der Waals surface area (Å²) in [7, 11) is 3.81. The van der Waals surface area contributed by atoms with Gasteiger partial charge in [0.1, 0.15) is 0 Å². The maximum absolute atomic E-state index is 13.5. The van der Waals surface area contributed by atoms with Crippen molar-refractivity contribution in [1.29, 1.82) is 0 Å². The fourth-order valence-electron chi connectivity index (χ4n) is 1.83. The first-order chi connectivity index (χ1) is 9.99. The van der Waals surface area contributed by atoms with Gasteiger partial charge in [-0.15, -0.1) is 0 Å². The highest BCUT2D eigenvalue weighted by Gasteiger charge is 2.06. The van der Waals surface area contributed by atoms with Gasteiger partial charge in [0.25, 0.3) is 0 Å². The van der Waals surface area contributed by atoms with Gasteiger partial charge in [0.2, 0.25) is 0 Å². The largest absolute Gasteiger partial charge is 0.378 e. The lowest BCUT2D eigenvalue weighted by Crippen LogP contribution is -2.08. The predicted octanol–water partition coefficient (Wildman–Crippen LogP) is 3.93. The van der Waals surface area contributed by atoms with Crippen molar-refractivity contribution >= 4 is 17.5 Å². The van der Waals surface area contributed by atoms with Gasteiger partial charge < -0.3 is 4.90 Å². The van der Waals surface area contributed by atoms with Gasteiger partial charge in [-0.1, -0.05) is 12.1 Å². The van der Waals surface area contributed by atoms with E-state index >= 15 is 0 Å². The minimum atomic E-state index is -0.954. The Morgan fingerprint density at radius 3 is 2.33 bits per heavy atom. The summed E-state index contributed by atoms with van der Waals surface area (Å²) in [5.41, 5.74) is 1.52. The number of hydrogen-bond acceptors (Lipinski definition) is 2. The summed E-state index contributed by atoms with van der Waals surface area (Å²) in [6.07, 6.45) is 2.52. The smallest absolute Gasteiger partial charge is 0.185 e. The standard InChI is InChI=1S/C17H15F2NO/c1-20(2)14-9-6-12(7-10-14)16(21)11-8-13-4-3-5-15(18)17(13)19/h3-11H,1-2H3. The van der Waals surface area contributed by atoms with Crippen LogP contribution >= 0.6 is 0 Å². The lowest BCUT2D eigenvalue weighted by molar-refractivity contribution is 0.104. The van der Waals surface area contributed by atoms with Gasteiger partial charge in [0.05, 0.1) is 0 Å². The highest BCUT2D eigenvalue weighted by atomic mass is 19.2. The Morgan fingerprint density at radius 2 is 1.71 bits per heavy atom. The molecule has 0 bridgehead atoms. The van der Waals surface area contributed by atoms with E-state index in [0.29, 0.717) is 5.56 Å². The summed E-state index contributed by atoms with van der Waals surface area (Å²) in [6.45, 7) is 0. The van der Waals surface area contributed by atoms with Crippen LogP contribution in [0.5, 0.6) is 0 Å². The topological polar surface area (TPSA) is 20.3 Å². The van der Waals surface area contributed by atoms with E-state index in [1.54, 1.807) is 12.1 Å². The molecule has 0 heterocycles. The minimum absolute atomic E-state index is 0.0493. The van der Waals surface area contributed by atoms with Crippen molar-refractivity contribution in [2.24, 2.45) is 0 Å². The van der Waals surface area contributed by atoms with Gasteiger partial charge in [0.15, 0.2) is 17.4 Å². The molecule has 0 radical (unpaired) electrons. The Hall–Kier alpha value is -2.49. The molecule has 2 aromatic rings. The molecule has 0 N–H and O–H groups in total. The van der Waals surface area contributed by atoms with Crippen molar-refractivity contribution in [2.75, 3.05) is 19.0 Å². The van der Waals surface area contributed by atoms with E-state index < -0.39 is 11.6 Å². The maximum atomic E-state index is 13.5. The van der Waals surface area contributed by atoms with Gasteiger partial charge >= 0.3 is 0 Å². The normalized spacial score (nSPS) is 10.9. The number of nitrogens with zero attached hydrogens (tertiary/aromatic N) is 1. The molecule has 4 heteroatoms. The highest BCUT2D eigenvalue weighted by molar-refractivity contribution is 6.06. The number of anilines is 1. The summed E-state index contributed by atoms with van der Waals surface area (Å²) in [5, 5.41) is 0. The molecule has 0 atom stereocenters. The highest BCUT2D eigenvalue weighted by Crippen LogP contribution is 2.15. The first-order valence-electron chi connectivity index (χ1n) is 6.43. The molecule has 0 aliphatic rings. The van der Waals surface area contributed by atoms with E-state index in [2.05, 4.69) is 0 Å². The molecule has 0 saturated heterocycles. The van der Waals surface area contributed by atoms with Crippen molar-refractivity contribution in [3.05, 3.63) is 71.3 Å². The number of carbonyl (C=O) groups is 1. The second kappa shape index (κ2) is 6.31. The van der Waals surface area contributed by atoms with Crippen LogP contribution in [-0.2, 0) is 0 Å². The van der Waals surface area contributed by atoms with Gasteiger partial charge in [-0.25, -0.2) is 8.78 Å². The number of rotatable bonds is 4. The number of ketones is 1. The number of hydrogen-bond donors (Lipinski definition) is 0. The second-order valence-corrected chi connectivity index (χ2v) is 4.78. The average molecular weight is 287 g/mol. The van der Waals surface area contributed by atoms with Crippen molar-refractivity contribution in [2.45, 2.75) is 0 Å². The fraction of sp³-hybridized carbons (Fsp3) is 0.118. The number of allylic oxidation sites excluding steroid dienone is 1. The zero-order valence-corrected chi connectivity index (χ0v) is 11.8. The average Bonchev–Trinajstić information content (AvgIpc) is 2.48. The zero-order valence-electron chi connectivity index (χ0n) is 11.8. The second-order valence-electron chi connectivity index (χ2n) is 4.78. The fourth-order valence-corrected chi connectivity index (χ4v) is 1.83. The van der Waals surface area contributed by atoms with Gasteiger partial charge in [-0.2, -0.15) is 0 Å². The summed E-state index contributed by atoms with van der Waals surface area (Å²) < 4.78 is 26.5. The van der Waals surface area contributed by atoms with Crippen molar-refractivity contribution < 1.29 is 13.6 Å². The van der Waals surface area contributed by atoms with E-state index in [1.807, 2.05) is 31.1 Å².